The Morgan fingerprint density at radius 1 is 0.676 bits per heavy atom. The first-order valence-electron chi connectivity index (χ1n) is 11.1. The van der Waals surface area contributed by atoms with Gasteiger partial charge in [-0.05, 0) is 53.6 Å². The molecule has 0 unspecified atom stereocenters. The minimum Gasteiger partial charge on any atom is -0.345 e. The van der Waals surface area contributed by atoms with Crippen molar-refractivity contribution in [1.82, 2.24) is 30.4 Å². The molecule has 0 saturated heterocycles. The Hall–Kier alpha value is -4.78. The van der Waals surface area contributed by atoms with E-state index in [9.17, 15) is 0 Å². The lowest BCUT2D eigenvalue weighted by Gasteiger charge is -2.01. The molecule has 0 spiro atoms. The lowest BCUT2D eigenvalue weighted by atomic mass is 10.0. The van der Waals surface area contributed by atoms with E-state index in [1.165, 1.54) is 5.56 Å². The quantitative estimate of drug-likeness (QED) is 0.316. The van der Waals surface area contributed by atoms with Gasteiger partial charge in [0.2, 0.25) is 0 Å². The number of fused-ring (bicyclic) bond motifs is 2. The van der Waals surface area contributed by atoms with Gasteiger partial charge in [-0.25, -0.2) is 4.98 Å². The number of nitrogens with one attached hydrogen (secondary N) is 3. The molecule has 0 bridgehead atoms. The number of rotatable bonds is 4. The smallest absolute Gasteiger partial charge is 0.0931 e. The molecule has 7 rings (SSSR count). The van der Waals surface area contributed by atoms with E-state index in [2.05, 4.69) is 90.0 Å². The summed E-state index contributed by atoms with van der Waals surface area (Å²) in [6.07, 6.45) is 4.54. The highest BCUT2D eigenvalue weighted by molar-refractivity contribution is 5.82. The van der Waals surface area contributed by atoms with Crippen LogP contribution in [0.25, 0.3) is 56.1 Å². The highest BCUT2D eigenvalue weighted by atomic mass is 15.1. The number of H-pyrrole nitrogens is 3. The van der Waals surface area contributed by atoms with Gasteiger partial charge in [0.25, 0.3) is 0 Å². The summed E-state index contributed by atoms with van der Waals surface area (Å²) in [6.45, 7) is 0. The molecule has 0 saturated carbocycles. The summed E-state index contributed by atoms with van der Waals surface area (Å²) in [5.41, 5.74) is 12.2. The van der Waals surface area contributed by atoms with E-state index in [-0.39, 0.29) is 0 Å². The minimum atomic E-state index is 0.883. The molecule has 3 aromatic heterocycles. The standard InChI is InChI=1S/C27H19N7/c1-2-16(23-13-25(33-31-23)18-4-6-21-20(11-18)8-9-28-21)10-17(3-1)24-14-26(34-32-24)19-5-7-22-27(12-19)30-15-29-22/h1-7,9-15H,8H2,(H,29,30)(H,31,33)(H,32,34). The van der Waals surface area contributed by atoms with Crippen LogP contribution >= 0.6 is 0 Å². The van der Waals surface area contributed by atoms with Crippen LogP contribution in [0, 0.1) is 0 Å². The Balaban J connectivity index is 1.19. The van der Waals surface area contributed by atoms with Gasteiger partial charge in [-0.15, -0.1) is 0 Å². The number of benzene rings is 3. The minimum absolute atomic E-state index is 0.883. The van der Waals surface area contributed by atoms with Crippen LogP contribution in [0.5, 0.6) is 0 Å². The van der Waals surface area contributed by atoms with E-state index in [0.717, 1.165) is 68.2 Å². The first kappa shape index (κ1) is 18.8. The number of hydrogen-bond acceptors (Lipinski definition) is 4. The van der Waals surface area contributed by atoms with Gasteiger partial charge in [-0.2, -0.15) is 10.2 Å². The maximum atomic E-state index is 4.57. The molecule has 3 N–H and O–H groups in total. The third kappa shape index (κ3) is 3.14. The zero-order valence-electron chi connectivity index (χ0n) is 18.1. The Morgan fingerprint density at radius 2 is 1.41 bits per heavy atom. The Bertz CT molecular complexity index is 1700. The average molecular weight is 441 g/mol. The van der Waals surface area contributed by atoms with Gasteiger partial charge in [-0.3, -0.25) is 15.2 Å². The topological polar surface area (TPSA) is 98.4 Å². The van der Waals surface area contributed by atoms with Crippen molar-refractivity contribution in [2.45, 2.75) is 6.42 Å². The predicted molar refractivity (Wildman–Crippen MR) is 134 cm³/mol. The fourth-order valence-corrected chi connectivity index (χ4v) is 4.46. The lowest BCUT2D eigenvalue weighted by Crippen LogP contribution is -1.82. The van der Waals surface area contributed by atoms with Crippen molar-refractivity contribution in [1.29, 1.82) is 0 Å². The third-order valence-corrected chi connectivity index (χ3v) is 6.27. The summed E-state index contributed by atoms with van der Waals surface area (Å²) in [4.78, 5) is 11.8. The first-order chi connectivity index (χ1) is 16.8. The highest BCUT2D eigenvalue weighted by Crippen LogP contribution is 2.32. The van der Waals surface area contributed by atoms with Gasteiger partial charge in [0, 0.05) is 29.3 Å². The van der Waals surface area contributed by atoms with Gasteiger partial charge < -0.3 is 4.98 Å². The number of aliphatic imine (C=N–C) groups is 1. The van der Waals surface area contributed by atoms with Gasteiger partial charge in [0.1, 0.15) is 0 Å². The van der Waals surface area contributed by atoms with Crippen LogP contribution in [-0.2, 0) is 6.42 Å². The lowest BCUT2D eigenvalue weighted by molar-refractivity contribution is 1.10. The van der Waals surface area contributed by atoms with Gasteiger partial charge >= 0.3 is 0 Å². The van der Waals surface area contributed by atoms with E-state index in [1.807, 2.05) is 24.4 Å². The summed E-state index contributed by atoms with van der Waals surface area (Å²) in [7, 11) is 0. The molecule has 7 heteroatoms. The summed E-state index contributed by atoms with van der Waals surface area (Å²) >= 11 is 0. The SMILES string of the molecule is C1=Nc2ccc(-c3cc(-c4cccc(-c5cc(-c6ccc7nc[nH]c7c6)[nH]n5)c4)n[nH]3)cc2C1. The van der Waals surface area contributed by atoms with E-state index in [4.69, 9.17) is 0 Å². The molecule has 1 aliphatic rings. The van der Waals surface area contributed by atoms with Crippen LogP contribution < -0.4 is 0 Å². The molecule has 0 aliphatic carbocycles. The Kier molecular flexibility index (Phi) is 4.07. The average Bonchev–Trinajstić information content (AvgIpc) is 3.69. The van der Waals surface area contributed by atoms with Gasteiger partial charge in [0.15, 0.2) is 0 Å². The predicted octanol–water partition coefficient (Wildman–Crippen LogP) is 5.94. The van der Waals surface area contributed by atoms with Crippen molar-refractivity contribution in [2.24, 2.45) is 4.99 Å². The molecule has 0 fully saturated rings. The fourth-order valence-electron chi connectivity index (χ4n) is 4.46. The van der Waals surface area contributed by atoms with Gasteiger partial charge in [-0.1, -0.05) is 30.3 Å². The second-order valence-corrected chi connectivity index (χ2v) is 8.41. The zero-order valence-corrected chi connectivity index (χ0v) is 18.1. The summed E-state index contributed by atoms with van der Waals surface area (Å²) in [6, 6.07) is 24.9. The maximum absolute atomic E-state index is 4.57. The molecule has 0 atom stereocenters. The molecule has 4 heterocycles. The number of aromatic amines is 3. The van der Waals surface area contributed by atoms with E-state index in [1.54, 1.807) is 6.33 Å². The number of imidazole rings is 1. The third-order valence-electron chi connectivity index (χ3n) is 6.27. The summed E-state index contributed by atoms with van der Waals surface area (Å²) < 4.78 is 0. The van der Waals surface area contributed by atoms with Gasteiger partial charge in [0.05, 0.1) is 45.8 Å². The maximum Gasteiger partial charge on any atom is 0.0931 e. The highest BCUT2D eigenvalue weighted by Gasteiger charge is 2.12. The van der Waals surface area contributed by atoms with Crippen LogP contribution in [0.4, 0.5) is 5.69 Å². The van der Waals surface area contributed by atoms with Crippen molar-refractivity contribution in [3.8, 4) is 45.0 Å². The van der Waals surface area contributed by atoms with Crippen molar-refractivity contribution in [3.05, 3.63) is 84.7 Å². The van der Waals surface area contributed by atoms with E-state index < -0.39 is 0 Å². The summed E-state index contributed by atoms with van der Waals surface area (Å²) in [5.74, 6) is 0. The van der Waals surface area contributed by atoms with Crippen molar-refractivity contribution >= 4 is 22.9 Å². The summed E-state index contributed by atoms with van der Waals surface area (Å²) in [5, 5.41) is 15.5. The molecule has 0 amide bonds. The molecular formula is C27H19N7. The molecule has 7 nitrogen and oxygen atoms in total. The van der Waals surface area contributed by atoms with Crippen LogP contribution in [0.1, 0.15) is 5.56 Å². The Morgan fingerprint density at radius 3 is 2.21 bits per heavy atom. The second kappa shape index (κ2) is 7.38. The number of nitrogens with zero attached hydrogens (tertiary/aromatic N) is 4. The Labute approximate surface area is 194 Å². The van der Waals surface area contributed by atoms with Crippen molar-refractivity contribution < 1.29 is 0 Å². The number of hydrogen-bond donors (Lipinski definition) is 3. The van der Waals surface area contributed by atoms with Crippen molar-refractivity contribution in [3.63, 3.8) is 0 Å². The molecule has 0 radical (unpaired) electrons. The first-order valence-corrected chi connectivity index (χ1v) is 11.1. The number of aromatic nitrogens is 6. The second-order valence-electron chi connectivity index (χ2n) is 8.41. The van der Waals surface area contributed by atoms with Crippen LogP contribution in [-0.4, -0.2) is 36.6 Å². The van der Waals surface area contributed by atoms with Crippen LogP contribution in [0.3, 0.4) is 0 Å². The van der Waals surface area contributed by atoms with E-state index >= 15 is 0 Å². The largest absolute Gasteiger partial charge is 0.345 e. The molecular weight excluding hydrogens is 422 g/mol. The normalized spacial score (nSPS) is 12.5. The molecule has 162 valence electrons. The van der Waals surface area contributed by atoms with Crippen LogP contribution in [0.2, 0.25) is 0 Å². The van der Waals surface area contributed by atoms with Crippen molar-refractivity contribution in [2.75, 3.05) is 0 Å². The molecule has 6 aromatic rings. The van der Waals surface area contributed by atoms with Crippen LogP contribution in [0.15, 0.2) is 84.1 Å². The van der Waals surface area contributed by atoms with E-state index in [0.29, 0.717) is 0 Å². The monoisotopic (exact) mass is 441 g/mol. The molecule has 34 heavy (non-hydrogen) atoms. The molecule has 1 aliphatic heterocycles. The zero-order chi connectivity index (χ0) is 22.5. The fraction of sp³-hybridized carbons (Fsp3) is 0.0370. The molecule has 3 aromatic carbocycles.